The molecule has 0 radical (unpaired) electrons. The van der Waals surface area contributed by atoms with Crippen molar-refractivity contribution in [3.05, 3.63) is 83.6 Å². The topological polar surface area (TPSA) is 77.1 Å². The van der Waals surface area contributed by atoms with Gasteiger partial charge in [-0.3, -0.25) is 9.59 Å². The van der Waals surface area contributed by atoms with Gasteiger partial charge in [0.1, 0.15) is 24.7 Å². The van der Waals surface area contributed by atoms with Gasteiger partial charge in [-0.15, -0.1) is 0 Å². The molecule has 0 unspecified atom stereocenters. The van der Waals surface area contributed by atoms with Gasteiger partial charge in [-0.05, 0) is 36.8 Å². The summed E-state index contributed by atoms with van der Waals surface area (Å²) in [6.07, 6.45) is 0. The molecule has 7 heteroatoms. The number of fused-ring (bicyclic) bond motifs is 1. The molecule has 5 rings (SSSR count). The van der Waals surface area contributed by atoms with Crippen molar-refractivity contribution in [2.75, 3.05) is 30.5 Å². The molecule has 0 atom stereocenters. The Morgan fingerprint density at radius 3 is 2.39 bits per heavy atom. The lowest BCUT2D eigenvalue weighted by molar-refractivity contribution is -0.120. The van der Waals surface area contributed by atoms with Gasteiger partial charge in [-0.1, -0.05) is 35.9 Å². The number of nitrogens with one attached hydrogen (secondary N) is 1. The lowest BCUT2D eigenvalue weighted by Gasteiger charge is -2.19. The summed E-state index contributed by atoms with van der Waals surface area (Å²) in [6.45, 7) is 2.91. The highest BCUT2D eigenvalue weighted by Crippen LogP contribution is 2.37. The molecule has 0 aliphatic carbocycles. The number of benzene rings is 3. The van der Waals surface area contributed by atoms with Crippen molar-refractivity contribution < 1.29 is 23.8 Å². The highest BCUT2D eigenvalue weighted by molar-refractivity contribution is 6.46. The zero-order valence-corrected chi connectivity index (χ0v) is 18.3. The minimum atomic E-state index is -0.446. The summed E-state index contributed by atoms with van der Waals surface area (Å²) in [5.74, 6) is 0.936. The SMILES string of the molecule is COc1cccc(N2C(=O)C(Nc3ccc4c(c3)OCCO4)=C(c3ccc(C)cc3)C2=O)c1. The molecule has 0 saturated heterocycles. The van der Waals surface area contributed by atoms with E-state index < -0.39 is 11.8 Å². The molecule has 0 saturated carbocycles. The lowest BCUT2D eigenvalue weighted by Crippen LogP contribution is -2.32. The number of aryl methyl sites for hydroxylation is 1. The number of nitrogens with zero attached hydrogens (tertiary/aromatic N) is 1. The molecule has 0 aromatic heterocycles. The van der Waals surface area contributed by atoms with Gasteiger partial charge in [0, 0.05) is 17.8 Å². The van der Waals surface area contributed by atoms with Crippen molar-refractivity contribution in [2.24, 2.45) is 0 Å². The van der Waals surface area contributed by atoms with Crippen LogP contribution in [0.25, 0.3) is 5.57 Å². The van der Waals surface area contributed by atoms with Gasteiger partial charge < -0.3 is 19.5 Å². The zero-order valence-electron chi connectivity index (χ0n) is 18.3. The van der Waals surface area contributed by atoms with Gasteiger partial charge in [-0.2, -0.15) is 0 Å². The molecular formula is C26H22N2O5. The maximum absolute atomic E-state index is 13.6. The van der Waals surface area contributed by atoms with Crippen LogP contribution in [0.15, 0.2) is 72.4 Å². The van der Waals surface area contributed by atoms with Crippen LogP contribution in [0.1, 0.15) is 11.1 Å². The summed E-state index contributed by atoms with van der Waals surface area (Å²) in [7, 11) is 1.54. The van der Waals surface area contributed by atoms with E-state index in [0.717, 1.165) is 10.5 Å². The number of ether oxygens (including phenoxy) is 3. The van der Waals surface area contributed by atoms with Crippen LogP contribution in [0.5, 0.6) is 17.2 Å². The molecule has 2 heterocycles. The van der Waals surface area contributed by atoms with Crippen molar-refractivity contribution in [3.8, 4) is 17.2 Å². The van der Waals surface area contributed by atoms with E-state index in [1.807, 2.05) is 31.2 Å². The third-order valence-corrected chi connectivity index (χ3v) is 5.55. The Morgan fingerprint density at radius 1 is 0.879 bits per heavy atom. The summed E-state index contributed by atoms with van der Waals surface area (Å²) in [5, 5.41) is 3.16. The van der Waals surface area contributed by atoms with Gasteiger partial charge >= 0.3 is 0 Å². The number of carbonyl (C=O) groups is 2. The molecule has 7 nitrogen and oxygen atoms in total. The van der Waals surface area contributed by atoms with Gasteiger partial charge in [0.2, 0.25) is 0 Å². The van der Waals surface area contributed by atoms with Crippen LogP contribution in [0.2, 0.25) is 0 Å². The predicted octanol–water partition coefficient (Wildman–Crippen LogP) is 4.17. The standard InChI is InChI=1S/C26H22N2O5/c1-16-6-8-17(9-7-16)23-24(27-18-10-11-21-22(14-18)33-13-12-32-21)26(30)28(25(23)29)19-4-3-5-20(15-19)31-2/h3-11,14-15,27H,12-13H2,1-2H3. The molecular weight excluding hydrogens is 420 g/mol. The number of imide groups is 1. The number of amides is 2. The number of anilines is 2. The van der Waals surface area contributed by atoms with Crippen molar-refractivity contribution in [1.82, 2.24) is 0 Å². The van der Waals surface area contributed by atoms with Crippen LogP contribution in [0, 0.1) is 6.92 Å². The molecule has 0 spiro atoms. The van der Waals surface area contributed by atoms with Crippen LogP contribution in [-0.2, 0) is 9.59 Å². The average Bonchev–Trinajstić information content (AvgIpc) is 3.08. The first-order valence-corrected chi connectivity index (χ1v) is 10.6. The Bertz CT molecular complexity index is 1280. The fraction of sp³-hybridized carbons (Fsp3) is 0.154. The third kappa shape index (κ3) is 3.78. The van der Waals surface area contributed by atoms with Crippen molar-refractivity contribution in [1.29, 1.82) is 0 Å². The van der Waals surface area contributed by atoms with E-state index >= 15 is 0 Å². The van der Waals surface area contributed by atoms with E-state index in [2.05, 4.69) is 5.32 Å². The zero-order chi connectivity index (χ0) is 22.9. The Kier molecular flexibility index (Phi) is 5.22. The van der Waals surface area contributed by atoms with Crippen LogP contribution < -0.4 is 24.4 Å². The van der Waals surface area contributed by atoms with Crippen LogP contribution >= 0.6 is 0 Å². The van der Waals surface area contributed by atoms with Crippen molar-refractivity contribution in [3.63, 3.8) is 0 Å². The average molecular weight is 442 g/mol. The first-order valence-electron chi connectivity index (χ1n) is 10.6. The quantitative estimate of drug-likeness (QED) is 0.598. The first-order chi connectivity index (χ1) is 16.0. The van der Waals surface area contributed by atoms with E-state index in [9.17, 15) is 9.59 Å². The highest BCUT2D eigenvalue weighted by Gasteiger charge is 2.40. The first kappa shape index (κ1) is 20.6. The smallest absolute Gasteiger partial charge is 0.282 e. The Balaban J connectivity index is 1.58. The number of hydrogen-bond acceptors (Lipinski definition) is 6. The normalized spacial score (nSPS) is 15.2. The molecule has 0 fully saturated rings. The number of methoxy groups -OCH3 is 1. The summed E-state index contributed by atoms with van der Waals surface area (Å²) in [6, 6.07) is 19.7. The largest absolute Gasteiger partial charge is 0.497 e. The lowest BCUT2D eigenvalue weighted by atomic mass is 10.0. The van der Waals surface area contributed by atoms with Crippen molar-refractivity contribution in [2.45, 2.75) is 6.92 Å². The van der Waals surface area contributed by atoms with E-state index in [0.29, 0.717) is 53.0 Å². The molecule has 1 N–H and O–H groups in total. The van der Waals surface area contributed by atoms with Gasteiger partial charge in [0.25, 0.3) is 11.8 Å². The fourth-order valence-electron chi connectivity index (χ4n) is 3.88. The van der Waals surface area contributed by atoms with Crippen LogP contribution in [-0.4, -0.2) is 32.1 Å². The molecule has 33 heavy (non-hydrogen) atoms. The summed E-state index contributed by atoms with van der Waals surface area (Å²) in [4.78, 5) is 28.3. The predicted molar refractivity (Wildman–Crippen MR) is 125 cm³/mol. The number of rotatable bonds is 5. The molecule has 3 aromatic rings. The molecule has 2 aliphatic heterocycles. The Morgan fingerprint density at radius 2 is 1.64 bits per heavy atom. The van der Waals surface area contributed by atoms with Crippen LogP contribution in [0.4, 0.5) is 11.4 Å². The second-order valence-corrected chi connectivity index (χ2v) is 7.75. The molecule has 3 aromatic carbocycles. The molecule has 166 valence electrons. The maximum Gasteiger partial charge on any atom is 0.282 e. The molecule has 2 amide bonds. The van der Waals surface area contributed by atoms with Crippen LogP contribution in [0.3, 0.4) is 0 Å². The monoisotopic (exact) mass is 442 g/mol. The number of carbonyl (C=O) groups excluding carboxylic acids is 2. The summed E-state index contributed by atoms with van der Waals surface area (Å²) >= 11 is 0. The molecule has 2 aliphatic rings. The minimum Gasteiger partial charge on any atom is -0.497 e. The second-order valence-electron chi connectivity index (χ2n) is 7.75. The van der Waals surface area contributed by atoms with E-state index in [1.54, 1.807) is 42.5 Å². The minimum absolute atomic E-state index is 0.198. The van der Waals surface area contributed by atoms with E-state index in [1.165, 1.54) is 7.11 Å². The Hall–Kier alpha value is -4.26. The number of hydrogen-bond donors (Lipinski definition) is 1. The highest BCUT2D eigenvalue weighted by atomic mass is 16.6. The maximum atomic E-state index is 13.6. The summed E-state index contributed by atoms with van der Waals surface area (Å²) in [5.41, 5.74) is 3.27. The van der Waals surface area contributed by atoms with E-state index in [-0.39, 0.29) is 5.70 Å². The third-order valence-electron chi connectivity index (χ3n) is 5.55. The Labute approximate surface area is 191 Å². The second kappa shape index (κ2) is 8.35. The van der Waals surface area contributed by atoms with E-state index in [4.69, 9.17) is 14.2 Å². The van der Waals surface area contributed by atoms with Gasteiger partial charge in [0.15, 0.2) is 11.5 Å². The summed E-state index contributed by atoms with van der Waals surface area (Å²) < 4.78 is 16.5. The van der Waals surface area contributed by atoms with Gasteiger partial charge in [0.05, 0.1) is 18.4 Å². The van der Waals surface area contributed by atoms with Gasteiger partial charge in [-0.25, -0.2) is 4.90 Å². The molecule has 0 bridgehead atoms. The fourth-order valence-corrected chi connectivity index (χ4v) is 3.88. The van der Waals surface area contributed by atoms with Crippen molar-refractivity contribution >= 4 is 28.8 Å².